The van der Waals surface area contributed by atoms with E-state index in [0.29, 0.717) is 24.9 Å². The van der Waals surface area contributed by atoms with Gasteiger partial charge in [-0.2, -0.15) is 4.98 Å². The molecule has 6 heteroatoms. The minimum Gasteiger partial charge on any atom is -0.480 e. The van der Waals surface area contributed by atoms with Crippen molar-refractivity contribution < 1.29 is 4.74 Å². The summed E-state index contributed by atoms with van der Waals surface area (Å²) in [7, 11) is 1.58. The summed E-state index contributed by atoms with van der Waals surface area (Å²) in [6.45, 7) is 1.33. The highest BCUT2D eigenvalue weighted by molar-refractivity contribution is 9.10. The Labute approximate surface area is 126 Å². The standard InChI is InChI=1S/C14H17BrN4O/c1-20-13-12(15)9-18-14(19-13)17-8-11-4-2-10(3-5-11)6-7-16/h2-5,9H,6-8,16H2,1H3,(H,17,18,19). The van der Waals surface area contributed by atoms with Crippen molar-refractivity contribution >= 4 is 21.9 Å². The van der Waals surface area contributed by atoms with Crippen molar-refractivity contribution in [3.05, 3.63) is 46.1 Å². The lowest BCUT2D eigenvalue weighted by Crippen LogP contribution is -2.05. The van der Waals surface area contributed by atoms with Gasteiger partial charge in [0.25, 0.3) is 0 Å². The number of nitrogens with two attached hydrogens (primary N) is 1. The van der Waals surface area contributed by atoms with Crippen LogP contribution in [0.15, 0.2) is 34.9 Å². The summed E-state index contributed by atoms with van der Waals surface area (Å²) in [6, 6.07) is 8.34. The maximum atomic E-state index is 5.53. The second-order valence-electron chi connectivity index (χ2n) is 4.26. The van der Waals surface area contributed by atoms with Crippen molar-refractivity contribution in [3.8, 4) is 5.88 Å². The summed E-state index contributed by atoms with van der Waals surface area (Å²) in [6.07, 6.45) is 2.57. The fourth-order valence-corrected chi connectivity index (χ4v) is 2.10. The quantitative estimate of drug-likeness (QED) is 0.847. The maximum absolute atomic E-state index is 5.53. The molecule has 0 aliphatic heterocycles. The topological polar surface area (TPSA) is 73.1 Å². The first-order chi connectivity index (χ1) is 9.72. The van der Waals surface area contributed by atoms with E-state index in [1.165, 1.54) is 5.56 Å². The summed E-state index contributed by atoms with van der Waals surface area (Å²) in [5, 5.41) is 3.17. The number of nitrogens with one attached hydrogen (secondary N) is 1. The highest BCUT2D eigenvalue weighted by atomic mass is 79.9. The van der Waals surface area contributed by atoms with E-state index < -0.39 is 0 Å². The second kappa shape index (κ2) is 7.21. The average Bonchev–Trinajstić information content (AvgIpc) is 2.48. The van der Waals surface area contributed by atoms with Crippen LogP contribution in [-0.4, -0.2) is 23.6 Å². The van der Waals surface area contributed by atoms with Crippen molar-refractivity contribution in [2.75, 3.05) is 19.0 Å². The first kappa shape index (κ1) is 14.7. The minimum atomic E-state index is 0.515. The number of methoxy groups -OCH3 is 1. The van der Waals surface area contributed by atoms with Gasteiger partial charge in [-0.3, -0.25) is 0 Å². The van der Waals surface area contributed by atoms with Crippen LogP contribution in [0.2, 0.25) is 0 Å². The van der Waals surface area contributed by atoms with Crippen LogP contribution in [0.3, 0.4) is 0 Å². The molecule has 0 unspecified atom stereocenters. The lowest BCUT2D eigenvalue weighted by molar-refractivity contribution is 0.394. The third kappa shape index (κ3) is 3.91. The van der Waals surface area contributed by atoms with Gasteiger partial charge in [-0.1, -0.05) is 24.3 Å². The Morgan fingerprint density at radius 1 is 1.25 bits per heavy atom. The number of halogens is 1. The van der Waals surface area contributed by atoms with Gasteiger partial charge in [0.15, 0.2) is 0 Å². The summed E-state index contributed by atoms with van der Waals surface area (Å²) in [4.78, 5) is 8.43. The Hall–Kier alpha value is -1.66. The largest absolute Gasteiger partial charge is 0.480 e. The molecule has 0 atom stereocenters. The van der Waals surface area contributed by atoms with Gasteiger partial charge < -0.3 is 15.8 Å². The van der Waals surface area contributed by atoms with Crippen LogP contribution in [0.4, 0.5) is 5.95 Å². The Kier molecular flexibility index (Phi) is 5.31. The summed E-state index contributed by atoms with van der Waals surface area (Å²) in [5.41, 5.74) is 7.94. The van der Waals surface area contributed by atoms with E-state index in [2.05, 4.69) is 55.5 Å². The van der Waals surface area contributed by atoms with Crippen LogP contribution in [0.1, 0.15) is 11.1 Å². The van der Waals surface area contributed by atoms with Crippen molar-refractivity contribution in [2.45, 2.75) is 13.0 Å². The van der Waals surface area contributed by atoms with Crippen LogP contribution in [0, 0.1) is 0 Å². The van der Waals surface area contributed by atoms with Crippen LogP contribution >= 0.6 is 15.9 Å². The monoisotopic (exact) mass is 336 g/mol. The number of hydrogen-bond donors (Lipinski definition) is 2. The second-order valence-corrected chi connectivity index (χ2v) is 5.11. The number of hydrogen-bond acceptors (Lipinski definition) is 5. The molecule has 0 aliphatic rings. The Morgan fingerprint density at radius 3 is 2.60 bits per heavy atom. The van der Waals surface area contributed by atoms with E-state index in [4.69, 9.17) is 10.5 Å². The molecule has 0 spiro atoms. The average molecular weight is 337 g/mol. The highest BCUT2D eigenvalue weighted by Gasteiger charge is 2.04. The predicted octanol–water partition coefficient (Wildman–Crippen LogP) is 2.36. The molecule has 0 radical (unpaired) electrons. The molecule has 0 bridgehead atoms. The molecule has 1 aromatic heterocycles. The maximum Gasteiger partial charge on any atom is 0.232 e. The highest BCUT2D eigenvalue weighted by Crippen LogP contribution is 2.21. The molecule has 0 fully saturated rings. The molecule has 5 nitrogen and oxygen atoms in total. The van der Waals surface area contributed by atoms with Crippen LogP contribution in [0.25, 0.3) is 0 Å². The number of rotatable bonds is 6. The normalized spacial score (nSPS) is 10.3. The molecular weight excluding hydrogens is 320 g/mol. The first-order valence-electron chi connectivity index (χ1n) is 6.31. The molecule has 1 heterocycles. The molecule has 0 saturated heterocycles. The van der Waals surface area contributed by atoms with Crippen LogP contribution in [-0.2, 0) is 13.0 Å². The van der Waals surface area contributed by atoms with Gasteiger partial charge in [0.1, 0.15) is 0 Å². The van der Waals surface area contributed by atoms with Crippen LogP contribution in [0.5, 0.6) is 5.88 Å². The molecule has 106 valence electrons. The summed E-state index contributed by atoms with van der Waals surface area (Å²) in [5.74, 6) is 1.05. The molecule has 20 heavy (non-hydrogen) atoms. The van der Waals surface area contributed by atoms with Gasteiger partial charge in [-0.25, -0.2) is 4.98 Å². The zero-order valence-corrected chi connectivity index (χ0v) is 12.9. The van der Waals surface area contributed by atoms with Crippen molar-refractivity contribution in [3.63, 3.8) is 0 Å². The lowest BCUT2D eigenvalue weighted by Gasteiger charge is -2.08. The Morgan fingerprint density at radius 2 is 1.95 bits per heavy atom. The van der Waals surface area contributed by atoms with E-state index in [-0.39, 0.29) is 0 Å². The fourth-order valence-electron chi connectivity index (χ4n) is 1.75. The molecule has 3 N–H and O–H groups in total. The predicted molar refractivity (Wildman–Crippen MR) is 82.8 cm³/mol. The van der Waals surface area contributed by atoms with E-state index in [1.807, 2.05) is 0 Å². The summed E-state index contributed by atoms with van der Waals surface area (Å²) >= 11 is 3.32. The van der Waals surface area contributed by atoms with E-state index in [0.717, 1.165) is 16.5 Å². The van der Waals surface area contributed by atoms with Crippen molar-refractivity contribution in [1.82, 2.24) is 9.97 Å². The lowest BCUT2D eigenvalue weighted by atomic mass is 10.1. The van der Waals surface area contributed by atoms with Gasteiger partial charge >= 0.3 is 0 Å². The Balaban J connectivity index is 1.97. The SMILES string of the molecule is COc1nc(NCc2ccc(CCN)cc2)ncc1Br. The zero-order valence-electron chi connectivity index (χ0n) is 11.3. The molecule has 2 rings (SSSR count). The number of ether oxygens (including phenoxy) is 1. The van der Waals surface area contributed by atoms with Gasteiger partial charge in [-0.15, -0.1) is 0 Å². The number of aromatic nitrogens is 2. The van der Waals surface area contributed by atoms with Gasteiger partial charge in [0.2, 0.25) is 11.8 Å². The molecule has 0 aliphatic carbocycles. The molecule has 0 saturated carbocycles. The van der Waals surface area contributed by atoms with Gasteiger partial charge in [0, 0.05) is 6.54 Å². The zero-order chi connectivity index (χ0) is 14.4. The summed E-state index contributed by atoms with van der Waals surface area (Å²) < 4.78 is 5.86. The third-order valence-electron chi connectivity index (χ3n) is 2.81. The number of anilines is 1. The van der Waals surface area contributed by atoms with Crippen molar-refractivity contribution in [2.24, 2.45) is 5.73 Å². The first-order valence-corrected chi connectivity index (χ1v) is 7.10. The van der Waals surface area contributed by atoms with E-state index in [1.54, 1.807) is 13.3 Å². The minimum absolute atomic E-state index is 0.515. The van der Waals surface area contributed by atoms with E-state index >= 15 is 0 Å². The fraction of sp³-hybridized carbons (Fsp3) is 0.286. The van der Waals surface area contributed by atoms with Crippen LogP contribution < -0.4 is 15.8 Å². The molecular formula is C14H17BrN4O. The third-order valence-corrected chi connectivity index (χ3v) is 3.36. The van der Waals surface area contributed by atoms with Gasteiger partial charge in [-0.05, 0) is 40.0 Å². The molecule has 0 amide bonds. The molecule has 1 aromatic carbocycles. The van der Waals surface area contributed by atoms with E-state index in [9.17, 15) is 0 Å². The smallest absolute Gasteiger partial charge is 0.232 e. The van der Waals surface area contributed by atoms with Crippen molar-refractivity contribution in [1.29, 1.82) is 0 Å². The number of nitrogens with zero attached hydrogens (tertiary/aromatic N) is 2. The molecule has 2 aromatic rings. The number of benzene rings is 1. The van der Waals surface area contributed by atoms with Gasteiger partial charge in [0.05, 0.1) is 17.8 Å². The Bertz CT molecular complexity index is 560.